The average molecular weight is 189 g/mol. The van der Waals surface area contributed by atoms with Crippen molar-refractivity contribution in [1.29, 1.82) is 0 Å². The minimum atomic E-state index is -0.825. The van der Waals surface area contributed by atoms with Gasteiger partial charge in [0.05, 0.1) is 6.61 Å². The first kappa shape index (κ1) is 12.4. The molecule has 0 fully saturated rings. The highest BCUT2D eigenvalue weighted by atomic mass is 16.5. The van der Waals surface area contributed by atoms with E-state index in [0.29, 0.717) is 13.2 Å². The van der Waals surface area contributed by atoms with Crippen molar-refractivity contribution >= 4 is 5.97 Å². The van der Waals surface area contributed by atoms with E-state index in [-0.39, 0.29) is 0 Å². The second kappa shape index (κ2) is 8.01. The third-order valence-corrected chi connectivity index (χ3v) is 1.71. The van der Waals surface area contributed by atoms with Crippen molar-refractivity contribution in [2.45, 2.75) is 32.7 Å². The molecule has 0 aromatic carbocycles. The van der Waals surface area contributed by atoms with Gasteiger partial charge in [0, 0.05) is 13.2 Å². The Balaban J connectivity index is 3.11. The van der Waals surface area contributed by atoms with E-state index in [2.05, 4.69) is 12.2 Å². The molecule has 0 radical (unpaired) electrons. The lowest BCUT2D eigenvalue weighted by Crippen LogP contribution is -2.35. The van der Waals surface area contributed by atoms with Crippen molar-refractivity contribution in [3.63, 3.8) is 0 Å². The second-order valence-corrected chi connectivity index (χ2v) is 2.98. The summed E-state index contributed by atoms with van der Waals surface area (Å²) in [6.07, 6.45) is 2.19. The molecule has 1 unspecified atom stereocenters. The van der Waals surface area contributed by atoms with Crippen LogP contribution in [0.1, 0.15) is 26.7 Å². The molecule has 78 valence electrons. The van der Waals surface area contributed by atoms with E-state index < -0.39 is 12.0 Å². The Kier molecular flexibility index (Phi) is 7.63. The third-order valence-electron chi connectivity index (χ3n) is 1.71. The molecular weight excluding hydrogens is 170 g/mol. The minimum Gasteiger partial charge on any atom is -0.480 e. The fraction of sp³-hybridized carbons (Fsp3) is 0.889. The maximum atomic E-state index is 10.4. The van der Waals surface area contributed by atoms with Gasteiger partial charge in [-0.3, -0.25) is 4.79 Å². The van der Waals surface area contributed by atoms with Gasteiger partial charge in [-0.15, -0.1) is 0 Å². The molecule has 0 aromatic rings. The zero-order valence-electron chi connectivity index (χ0n) is 8.38. The summed E-state index contributed by atoms with van der Waals surface area (Å²) in [4.78, 5) is 10.4. The van der Waals surface area contributed by atoms with E-state index in [0.717, 1.165) is 19.4 Å². The van der Waals surface area contributed by atoms with Crippen LogP contribution in [0.15, 0.2) is 0 Å². The van der Waals surface area contributed by atoms with Crippen LogP contribution < -0.4 is 5.32 Å². The van der Waals surface area contributed by atoms with Crippen molar-refractivity contribution in [3.8, 4) is 0 Å². The highest BCUT2D eigenvalue weighted by Crippen LogP contribution is 1.87. The number of carbonyl (C=O) groups is 1. The quantitative estimate of drug-likeness (QED) is 0.556. The van der Waals surface area contributed by atoms with Crippen LogP contribution >= 0.6 is 0 Å². The van der Waals surface area contributed by atoms with E-state index in [9.17, 15) is 4.79 Å². The molecular formula is C9H19NO3. The highest BCUT2D eigenvalue weighted by Gasteiger charge is 2.07. The average Bonchev–Trinajstić information content (AvgIpc) is 2.10. The topological polar surface area (TPSA) is 58.6 Å². The summed E-state index contributed by atoms with van der Waals surface area (Å²) in [7, 11) is 0. The third kappa shape index (κ3) is 7.74. The van der Waals surface area contributed by atoms with E-state index in [1.807, 2.05) is 0 Å². The van der Waals surface area contributed by atoms with Crippen LogP contribution in [-0.2, 0) is 9.53 Å². The monoisotopic (exact) mass is 189 g/mol. The summed E-state index contributed by atoms with van der Waals surface area (Å²) < 4.78 is 5.25. The Morgan fingerprint density at radius 1 is 1.54 bits per heavy atom. The number of ether oxygens (including phenoxy) is 1. The molecule has 0 aromatic heterocycles. The number of aliphatic carboxylic acids is 1. The summed E-state index contributed by atoms with van der Waals surface area (Å²) >= 11 is 0. The van der Waals surface area contributed by atoms with Gasteiger partial charge >= 0.3 is 5.97 Å². The molecule has 0 aliphatic heterocycles. The smallest absolute Gasteiger partial charge is 0.320 e. The van der Waals surface area contributed by atoms with Gasteiger partial charge in [-0.1, -0.05) is 13.3 Å². The van der Waals surface area contributed by atoms with Crippen LogP contribution in [0.25, 0.3) is 0 Å². The number of hydrogen-bond donors (Lipinski definition) is 2. The summed E-state index contributed by atoms with van der Waals surface area (Å²) in [5.41, 5.74) is 0. The first-order valence-corrected chi connectivity index (χ1v) is 4.72. The SMILES string of the molecule is CCCCOCCNC(C)C(=O)O. The van der Waals surface area contributed by atoms with Gasteiger partial charge in [0.1, 0.15) is 6.04 Å². The molecule has 0 saturated carbocycles. The molecule has 0 heterocycles. The van der Waals surface area contributed by atoms with E-state index in [1.54, 1.807) is 6.92 Å². The number of unbranched alkanes of at least 4 members (excludes halogenated alkanes) is 1. The molecule has 2 N–H and O–H groups in total. The largest absolute Gasteiger partial charge is 0.480 e. The zero-order valence-corrected chi connectivity index (χ0v) is 8.38. The molecule has 1 atom stereocenters. The molecule has 0 saturated heterocycles. The molecule has 0 rings (SSSR count). The number of nitrogens with one attached hydrogen (secondary N) is 1. The molecule has 0 spiro atoms. The predicted octanol–water partition coefficient (Wildman–Crippen LogP) is 0.866. The lowest BCUT2D eigenvalue weighted by Gasteiger charge is -2.08. The first-order chi connectivity index (χ1) is 6.18. The van der Waals surface area contributed by atoms with Crippen LogP contribution in [0.3, 0.4) is 0 Å². The van der Waals surface area contributed by atoms with E-state index in [4.69, 9.17) is 9.84 Å². The molecule has 4 nitrogen and oxygen atoms in total. The van der Waals surface area contributed by atoms with Gasteiger partial charge in [0.2, 0.25) is 0 Å². The highest BCUT2D eigenvalue weighted by molar-refractivity contribution is 5.72. The standard InChI is InChI=1S/C9H19NO3/c1-3-4-6-13-7-5-10-8(2)9(11)12/h8,10H,3-7H2,1-2H3,(H,11,12). The van der Waals surface area contributed by atoms with Crippen molar-refractivity contribution < 1.29 is 14.6 Å². The number of hydrogen-bond acceptors (Lipinski definition) is 3. The maximum Gasteiger partial charge on any atom is 0.320 e. The van der Waals surface area contributed by atoms with Gasteiger partial charge in [0.15, 0.2) is 0 Å². The number of carboxylic acids is 1. The van der Waals surface area contributed by atoms with E-state index >= 15 is 0 Å². The Labute approximate surface area is 79.3 Å². The Morgan fingerprint density at radius 2 is 2.23 bits per heavy atom. The summed E-state index contributed by atoms with van der Waals surface area (Å²) in [5, 5.41) is 11.4. The fourth-order valence-corrected chi connectivity index (χ4v) is 0.783. The van der Waals surface area contributed by atoms with Crippen LogP contribution in [0.2, 0.25) is 0 Å². The van der Waals surface area contributed by atoms with Crippen LogP contribution in [0.5, 0.6) is 0 Å². The number of rotatable bonds is 8. The molecule has 0 amide bonds. The zero-order chi connectivity index (χ0) is 10.1. The first-order valence-electron chi connectivity index (χ1n) is 4.72. The number of carboxylic acid groups (broad SMARTS) is 1. The van der Waals surface area contributed by atoms with Gasteiger partial charge in [-0.05, 0) is 13.3 Å². The minimum absolute atomic E-state index is 0.491. The Bertz CT molecular complexity index is 139. The molecule has 0 bridgehead atoms. The predicted molar refractivity (Wildman–Crippen MR) is 50.8 cm³/mol. The second-order valence-electron chi connectivity index (χ2n) is 2.98. The molecule has 0 aliphatic carbocycles. The van der Waals surface area contributed by atoms with Crippen molar-refractivity contribution in [2.75, 3.05) is 19.8 Å². The van der Waals surface area contributed by atoms with Crippen LogP contribution in [0.4, 0.5) is 0 Å². The summed E-state index contributed by atoms with van der Waals surface area (Å²) in [6, 6.07) is -0.491. The Morgan fingerprint density at radius 3 is 2.77 bits per heavy atom. The van der Waals surface area contributed by atoms with Crippen molar-refractivity contribution in [2.24, 2.45) is 0 Å². The van der Waals surface area contributed by atoms with Gasteiger partial charge < -0.3 is 15.2 Å². The van der Waals surface area contributed by atoms with Crippen LogP contribution in [0, 0.1) is 0 Å². The maximum absolute atomic E-state index is 10.4. The summed E-state index contributed by atoms with van der Waals surface area (Å²) in [6.45, 7) is 5.66. The normalized spacial score (nSPS) is 12.8. The van der Waals surface area contributed by atoms with Gasteiger partial charge in [-0.25, -0.2) is 0 Å². The Hall–Kier alpha value is -0.610. The van der Waals surface area contributed by atoms with Crippen molar-refractivity contribution in [3.05, 3.63) is 0 Å². The molecule has 0 aliphatic rings. The lowest BCUT2D eigenvalue weighted by molar-refractivity contribution is -0.139. The van der Waals surface area contributed by atoms with E-state index in [1.165, 1.54) is 0 Å². The summed E-state index contributed by atoms with van der Waals surface area (Å²) in [5.74, 6) is -0.825. The molecule has 13 heavy (non-hydrogen) atoms. The van der Waals surface area contributed by atoms with Crippen molar-refractivity contribution in [1.82, 2.24) is 5.32 Å². The molecule has 4 heteroatoms. The van der Waals surface area contributed by atoms with Crippen LogP contribution in [-0.4, -0.2) is 36.9 Å². The lowest BCUT2D eigenvalue weighted by atomic mass is 10.3. The van der Waals surface area contributed by atoms with Gasteiger partial charge in [-0.2, -0.15) is 0 Å². The van der Waals surface area contributed by atoms with Gasteiger partial charge in [0.25, 0.3) is 0 Å². The fourth-order valence-electron chi connectivity index (χ4n) is 0.783.